The van der Waals surface area contributed by atoms with Crippen LogP contribution >= 0.6 is 0 Å². The summed E-state index contributed by atoms with van der Waals surface area (Å²) < 4.78 is 37.8. The van der Waals surface area contributed by atoms with Crippen LogP contribution in [0.15, 0.2) is 51.2 Å². The van der Waals surface area contributed by atoms with Gasteiger partial charge in [0.25, 0.3) is 17.7 Å². The number of nitro groups is 1. The highest BCUT2D eigenvalue weighted by molar-refractivity contribution is 5.96. The molecular weight excluding hydrogens is 911 g/mol. The number of hydrogen-bond acceptors (Lipinski definition) is 14. The Morgan fingerprint density at radius 2 is 0.800 bits per heavy atom. The topological polar surface area (TPSA) is 252 Å². The lowest BCUT2D eigenvalue weighted by Gasteiger charge is -2.26. The third-order valence-corrected chi connectivity index (χ3v) is 11.6. The number of amides is 3. The van der Waals surface area contributed by atoms with Crippen LogP contribution in [0.4, 0.5) is 0 Å². The second-order valence-corrected chi connectivity index (χ2v) is 16.8. The van der Waals surface area contributed by atoms with Crippen molar-refractivity contribution in [1.29, 1.82) is 0 Å². The van der Waals surface area contributed by atoms with Gasteiger partial charge in [0, 0.05) is 122 Å². The maximum Gasteiger partial charge on any atom is 0.271 e. The van der Waals surface area contributed by atoms with Gasteiger partial charge in [0.15, 0.2) is 34.3 Å². The van der Waals surface area contributed by atoms with Crippen LogP contribution in [0.25, 0.3) is 0 Å². The zero-order valence-electron chi connectivity index (χ0n) is 41.9. The van der Waals surface area contributed by atoms with Crippen molar-refractivity contribution < 1.29 is 47.7 Å². The molecule has 3 rings (SSSR count). The van der Waals surface area contributed by atoms with Gasteiger partial charge >= 0.3 is 0 Å². The van der Waals surface area contributed by atoms with Gasteiger partial charge in [0.05, 0.1) is 39.6 Å². The van der Waals surface area contributed by atoms with Gasteiger partial charge in [-0.15, -0.1) is 0 Å². The number of methoxy groups -OCH3 is 3. The van der Waals surface area contributed by atoms with Crippen molar-refractivity contribution in [1.82, 2.24) is 29.7 Å². The SMILES string of the molecule is CCCCOc1c(C(=O)NCCCC(CCCNC(=O)c2c(OCCCC)c(=O)ccn2CCOC)(CCCNC(=O)c2c(OCCCC)c(=O)ccn2CCOC)[N+](=O)[O-])n(CCOC)ccc1=O. The fourth-order valence-corrected chi connectivity index (χ4v) is 7.63. The quantitative estimate of drug-likeness (QED) is 0.0406. The minimum Gasteiger partial charge on any atom is -0.487 e. The number of aromatic nitrogens is 3. The summed E-state index contributed by atoms with van der Waals surface area (Å²) in [5, 5.41) is 21.8. The van der Waals surface area contributed by atoms with Gasteiger partial charge in [-0.05, 0) is 38.5 Å². The normalized spacial score (nSPS) is 11.3. The van der Waals surface area contributed by atoms with Crippen LogP contribution < -0.4 is 46.4 Å². The summed E-state index contributed by atoms with van der Waals surface area (Å²) in [7, 11) is 4.55. The molecule has 21 heteroatoms. The Balaban J connectivity index is 1.88. The van der Waals surface area contributed by atoms with E-state index >= 15 is 0 Å². The average molecular weight is 986 g/mol. The van der Waals surface area contributed by atoms with Crippen molar-refractivity contribution in [3.63, 3.8) is 0 Å². The Hall–Kier alpha value is -6.06. The lowest BCUT2D eigenvalue weighted by molar-refractivity contribution is -0.574. The van der Waals surface area contributed by atoms with Gasteiger partial charge in [-0.3, -0.25) is 38.9 Å². The summed E-state index contributed by atoms with van der Waals surface area (Å²) in [5.74, 6) is -2.06. The van der Waals surface area contributed by atoms with Crippen molar-refractivity contribution in [2.45, 2.75) is 123 Å². The molecule has 3 aromatic rings. The second-order valence-electron chi connectivity index (χ2n) is 16.8. The number of pyridine rings is 3. The van der Waals surface area contributed by atoms with E-state index in [1.54, 1.807) is 13.7 Å². The summed E-state index contributed by atoms with van der Waals surface area (Å²) in [5.41, 5.74) is -2.92. The Bertz CT molecular complexity index is 2050. The van der Waals surface area contributed by atoms with Gasteiger partial charge < -0.3 is 58.1 Å². The molecule has 3 amide bonds. The predicted molar refractivity (Wildman–Crippen MR) is 263 cm³/mol. The zero-order chi connectivity index (χ0) is 51.3. The fraction of sp³-hybridized carbons (Fsp3) is 0.633. The van der Waals surface area contributed by atoms with E-state index in [1.807, 2.05) is 20.8 Å². The molecule has 390 valence electrons. The van der Waals surface area contributed by atoms with Gasteiger partial charge in [-0.2, -0.15) is 0 Å². The monoisotopic (exact) mass is 986 g/mol. The van der Waals surface area contributed by atoms with Crippen LogP contribution in [0, 0.1) is 10.1 Å². The van der Waals surface area contributed by atoms with E-state index in [4.69, 9.17) is 28.4 Å². The van der Waals surface area contributed by atoms with Gasteiger partial charge in [0.2, 0.25) is 21.8 Å². The molecule has 0 fully saturated rings. The number of unbranched alkanes of at least 4 members (excludes halogenated alkanes) is 3. The average Bonchev–Trinajstić information content (AvgIpc) is 3.34. The predicted octanol–water partition coefficient (Wildman–Crippen LogP) is 4.59. The Labute approximate surface area is 409 Å². The summed E-state index contributed by atoms with van der Waals surface area (Å²) >= 11 is 0. The summed E-state index contributed by atoms with van der Waals surface area (Å²) in [4.78, 5) is 93.2. The van der Waals surface area contributed by atoms with E-state index in [9.17, 15) is 38.9 Å². The number of nitrogens with zero attached hydrogens (tertiary/aromatic N) is 4. The van der Waals surface area contributed by atoms with E-state index in [-0.39, 0.29) is 157 Å². The first kappa shape index (κ1) is 58.3. The molecule has 0 spiro atoms. The van der Waals surface area contributed by atoms with Crippen molar-refractivity contribution in [3.8, 4) is 17.2 Å². The second kappa shape index (κ2) is 31.9. The number of carbonyl (C=O) groups is 3. The molecule has 0 aliphatic rings. The summed E-state index contributed by atoms with van der Waals surface area (Å²) in [6.07, 6.45) is 9.30. The van der Waals surface area contributed by atoms with E-state index in [1.165, 1.54) is 58.1 Å². The van der Waals surface area contributed by atoms with Crippen LogP contribution in [0.1, 0.15) is 129 Å². The molecule has 0 saturated heterocycles. The highest BCUT2D eigenvalue weighted by Crippen LogP contribution is 2.29. The van der Waals surface area contributed by atoms with E-state index in [0.717, 1.165) is 19.3 Å². The Kier molecular flexibility index (Phi) is 26.6. The van der Waals surface area contributed by atoms with Crippen molar-refractivity contribution in [3.05, 3.63) is 94.7 Å². The van der Waals surface area contributed by atoms with Crippen molar-refractivity contribution in [2.75, 3.05) is 80.6 Å². The van der Waals surface area contributed by atoms with Crippen LogP contribution in [-0.2, 0) is 33.8 Å². The van der Waals surface area contributed by atoms with Crippen molar-refractivity contribution >= 4 is 17.7 Å². The van der Waals surface area contributed by atoms with Crippen LogP contribution in [0.5, 0.6) is 17.2 Å². The molecule has 0 aliphatic carbocycles. The van der Waals surface area contributed by atoms with Gasteiger partial charge in [-0.1, -0.05) is 40.0 Å². The molecule has 3 N–H and O–H groups in total. The van der Waals surface area contributed by atoms with Crippen LogP contribution in [0.2, 0.25) is 0 Å². The minimum absolute atomic E-state index is 0.00525. The number of hydrogen-bond donors (Lipinski definition) is 3. The molecule has 0 aromatic carbocycles. The zero-order valence-corrected chi connectivity index (χ0v) is 41.9. The van der Waals surface area contributed by atoms with E-state index < -0.39 is 39.5 Å². The third-order valence-electron chi connectivity index (χ3n) is 11.6. The summed E-state index contributed by atoms with van der Waals surface area (Å²) in [6.45, 7) is 8.14. The molecule has 0 saturated carbocycles. The molecule has 70 heavy (non-hydrogen) atoms. The summed E-state index contributed by atoms with van der Waals surface area (Å²) in [6, 6.07) is 3.97. The lowest BCUT2D eigenvalue weighted by Crippen LogP contribution is -2.41. The first-order valence-electron chi connectivity index (χ1n) is 24.4. The Morgan fingerprint density at radius 1 is 0.514 bits per heavy atom. The van der Waals surface area contributed by atoms with Gasteiger partial charge in [-0.25, -0.2) is 0 Å². The molecule has 0 unspecified atom stereocenters. The van der Waals surface area contributed by atoms with Crippen LogP contribution in [0.3, 0.4) is 0 Å². The van der Waals surface area contributed by atoms with E-state index in [2.05, 4.69) is 16.0 Å². The highest BCUT2D eigenvalue weighted by Gasteiger charge is 2.41. The first-order chi connectivity index (χ1) is 33.8. The lowest BCUT2D eigenvalue weighted by atomic mass is 9.84. The molecule has 21 nitrogen and oxygen atoms in total. The Morgan fingerprint density at radius 3 is 1.04 bits per heavy atom. The number of ether oxygens (including phenoxy) is 6. The molecule has 0 radical (unpaired) electrons. The molecule has 0 aliphatic heterocycles. The smallest absolute Gasteiger partial charge is 0.271 e. The standard InChI is InChI=1S/C49H75N7O14/c1-7-10-31-68-43-37(57)16-25-53(28-34-65-4)40(43)46(60)50-22-13-19-49(56(63)64,20-14-23-51-47(61)41-44(69-32-11-8-2)38(58)17-26-54(41)29-35-66-5)21-15-24-52-48(62)42-45(70-33-12-9-3)39(59)18-27-55(42)30-36-67-6/h16-18,25-27H,7-15,19-24,28-36H2,1-6H3,(H,50,60)(H,51,61)(H,52,62). The first-order valence-corrected chi connectivity index (χ1v) is 24.4. The third kappa shape index (κ3) is 17.7. The number of nitrogens with one attached hydrogen (secondary N) is 3. The van der Waals surface area contributed by atoms with E-state index in [0.29, 0.717) is 19.3 Å². The molecule has 3 aromatic heterocycles. The van der Waals surface area contributed by atoms with Crippen molar-refractivity contribution in [2.24, 2.45) is 0 Å². The molecule has 0 bridgehead atoms. The van der Waals surface area contributed by atoms with Gasteiger partial charge in [0.1, 0.15) is 0 Å². The maximum atomic E-state index is 13.8. The largest absolute Gasteiger partial charge is 0.487 e. The molecule has 3 heterocycles. The maximum absolute atomic E-state index is 13.8. The minimum atomic E-state index is -1.59. The molecular formula is C49H75N7O14. The number of rotatable bonds is 37. The number of carbonyl (C=O) groups excluding carboxylic acids is 3. The highest BCUT2D eigenvalue weighted by atomic mass is 16.6. The van der Waals surface area contributed by atoms with Crippen LogP contribution in [-0.4, -0.2) is 122 Å². The molecule has 0 atom stereocenters. The fourth-order valence-electron chi connectivity index (χ4n) is 7.63.